The van der Waals surface area contributed by atoms with Crippen LogP contribution in [-0.4, -0.2) is 16.7 Å². The van der Waals surface area contributed by atoms with Gasteiger partial charge in [0.05, 0.1) is 12.7 Å². The van der Waals surface area contributed by atoms with Gasteiger partial charge in [-0.25, -0.2) is 4.98 Å². The third kappa shape index (κ3) is 3.26. The molecule has 0 unspecified atom stereocenters. The smallest absolute Gasteiger partial charge is 0.228 e. The Hall–Kier alpha value is -3.60. The molecule has 1 aromatic heterocycles. The van der Waals surface area contributed by atoms with Gasteiger partial charge in [-0.3, -0.25) is 5.41 Å². The Morgan fingerprint density at radius 2 is 1.87 bits per heavy atom. The van der Waals surface area contributed by atoms with Gasteiger partial charge in [0.2, 0.25) is 5.88 Å². The monoisotopic (exact) mass is 411 g/mol. The summed E-state index contributed by atoms with van der Waals surface area (Å²) in [5.41, 5.74) is 3.41. The Morgan fingerprint density at radius 3 is 2.65 bits per heavy atom. The van der Waals surface area contributed by atoms with Crippen molar-refractivity contribution in [2.24, 2.45) is 0 Å². The molecule has 1 aliphatic heterocycles. The summed E-state index contributed by atoms with van der Waals surface area (Å²) >= 11 is 0. The van der Waals surface area contributed by atoms with Crippen molar-refractivity contribution in [1.82, 2.24) is 9.55 Å². The van der Waals surface area contributed by atoms with Gasteiger partial charge in [-0.15, -0.1) is 0 Å². The first-order valence-corrected chi connectivity index (χ1v) is 10.7. The summed E-state index contributed by atoms with van der Waals surface area (Å²) in [7, 11) is 1.67. The van der Waals surface area contributed by atoms with Crippen LogP contribution >= 0.6 is 0 Å². The summed E-state index contributed by atoms with van der Waals surface area (Å²) in [5, 5.41) is 11.2. The maximum absolute atomic E-state index is 8.98. The van der Waals surface area contributed by atoms with Gasteiger partial charge >= 0.3 is 0 Å². The number of nitrogens with one attached hydrogen (secondary N) is 1. The minimum Gasteiger partial charge on any atom is -0.497 e. The highest BCUT2D eigenvalue weighted by molar-refractivity contribution is 5.91. The van der Waals surface area contributed by atoms with Crippen LogP contribution in [0.1, 0.15) is 42.4 Å². The SMILES string of the molecule is CCCCn1cnc2c(c1=N)[C@H](c1ccc(OC)cc1)c1ccc3ccccc3c1O2. The lowest BCUT2D eigenvalue weighted by Crippen LogP contribution is -2.30. The molecule has 1 atom stereocenters. The van der Waals surface area contributed by atoms with Crippen LogP contribution in [0.25, 0.3) is 10.8 Å². The summed E-state index contributed by atoms with van der Waals surface area (Å²) in [5.74, 6) is 2.01. The highest BCUT2D eigenvalue weighted by atomic mass is 16.5. The summed E-state index contributed by atoms with van der Waals surface area (Å²) in [6, 6.07) is 20.6. The number of hydrogen-bond donors (Lipinski definition) is 1. The second-order valence-electron chi connectivity index (χ2n) is 7.87. The number of benzene rings is 3. The van der Waals surface area contributed by atoms with E-state index in [1.54, 1.807) is 13.4 Å². The highest BCUT2D eigenvalue weighted by Gasteiger charge is 2.33. The Morgan fingerprint density at radius 1 is 1.06 bits per heavy atom. The molecule has 4 aromatic rings. The van der Waals surface area contributed by atoms with Gasteiger partial charge in [0.15, 0.2) is 0 Å². The molecule has 2 heterocycles. The lowest BCUT2D eigenvalue weighted by molar-refractivity contribution is 0.414. The van der Waals surface area contributed by atoms with Crippen molar-refractivity contribution in [3.05, 3.63) is 89.2 Å². The maximum atomic E-state index is 8.98. The number of ether oxygens (including phenoxy) is 2. The molecule has 0 fully saturated rings. The van der Waals surface area contributed by atoms with E-state index in [0.29, 0.717) is 11.4 Å². The quantitative estimate of drug-likeness (QED) is 0.409. The molecule has 0 saturated heterocycles. The summed E-state index contributed by atoms with van der Waals surface area (Å²) in [4.78, 5) is 4.64. The van der Waals surface area contributed by atoms with Crippen LogP contribution < -0.4 is 15.0 Å². The molecule has 0 bridgehead atoms. The average molecular weight is 412 g/mol. The number of nitrogens with zero attached hydrogens (tertiary/aromatic N) is 2. The fourth-order valence-electron chi connectivity index (χ4n) is 4.34. The van der Waals surface area contributed by atoms with Gasteiger partial charge in [0.1, 0.15) is 23.3 Å². The molecule has 3 aromatic carbocycles. The zero-order valence-electron chi connectivity index (χ0n) is 17.8. The molecular weight excluding hydrogens is 386 g/mol. The molecule has 156 valence electrons. The number of fused-ring (bicyclic) bond motifs is 4. The standard InChI is InChI=1S/C26H25N3O2/c1-3-4-15-29-16-28-26-23(25(29)27)22(18-9-12-19(30-2)13-10-18)21-14-11-17-7-5-6-8-20(17)24(21)31-26/h5-14,16,22,27H,3-4,15H2,1-2H3/t22-/m1/s1. The molecule has 5 rings (SSSR count). The molecule has 0 radical (unpaired) electrons. The van der Waals surface area contributed by atoms with Crippen LogP contribution in [0.3, 0.4) is 0 Å². The Bertz CT molecular complexity index is 1310. The van der Waals surface area contributed by atoms with Gasteiger partial charge < -0.3 is 14.0 Å². The minimum absolute atomic E-state index is 0.136. The predicted octanol–water partition coefficient (Wildman–Crippen LogP) is 5.61. The average Bonchev–Trinajstić information content (AvgIpc) is 2.82. The number of aromatic nitrogens is 2. The van der Waals surface area contributed by atoms with Crippen molar-refractivity contribution < 1.29 is 9.47 Å². The second-order valence-corrected chi connectivity index (χ2v) is 7.87. The van der Waals surface area contributed by atoms with Crippen molar-refractivity contribution in [2.45, 2.75) is 32.2 Å². The Balaban J connectivity index is 1.76. The van der Waals surface area contributed by atoms with E-state index in [4.69, 9.17) is 14.9 Å². The predicted molar refractivity (Wildman–Crippen MR) is 121 cm³/mol. The maximum Gasteiger partial charge on any atom is 0.228 e. The summed E-state index contributed by atoms with van der Waals surface area (Å²) in [6.45, 7) is 2.93. The molecule has 0 saturated carbocycles. The first-order chi connectivity index (χ1) is 15.2. The normalized spacial score (nSPS) is 14.6. The largest absolute Gasteiger partial charge is 0.497 e. The van der Waals surface area contributed by atoms with Gasteiger partial charge in [0, 0.05) is 23.4 Å². The number of rotatable bonds is 5. The third-order valence-corrected chi connectivity index (χ3v) is 6.00. The molecule has 1 N–H and O–H groups in total. The van der Waals surface area contributed by atoms with E-state index < -0.39 is 0 Å². The van der Waals surface area contributed by atoms with Crippen molar-refractivity contribution in [3.8, 4) is 17.4 Å². The molecular formula is C26H25N3O2. The molecule has 31 heavy (non-hydrogen) atoms. The topological polar surface area (TPSA) is 60.1 Å². The molecule has 0 amide bonds. The Kier molecular flexibility index (Phi) is 4.94. The van der Waals surface area contributed by atoms with E-state index >= 15 is 0 Å². The molecule has 1 aliphatic rings. The Labute approximate surface area is 181 Å². The number of hydrogen-bond acceptors (Lipinski definition) is 4. The highest BCUT2D eigenvalue weighted by Crippen LogP contribution is 2.47. The van der Waals surface area contributed by atoms with Crippen LogP contribution in [0, 0.1) is 5.41 Å². The van der Waals surface area contributed by atoms with Gasteiger partial charge in [-0.05, 0) is 29.5 Å². The van der Waals surface area contributed by atoms with Crippen molar-refractivity contribution in [1.29, 1.82) is 5.41 Å². The van der Waals surface area contributed by atoms with Crippen molar-refractivity contribution >= 4 is 10.8 Å². The third-order valence-electron chi connectivity index (χ3n) is 6.00. The van der Waals surface area contributed by atoms with E-state index in [9.17, 15) is 0 Å². The number of aryl methyl sites for hydroxylation is 1. The van der Waals surface area contributed by atoms with Crippen LogP contribution in [-0.2, 0) is 6.54 Å². The fourth-order valence-corrected chi connectivity index (χ4v) is 4.34. The van der Waals surface area contributed by atoms with Crippen LogP contribution in [0.5, 0.6) is 17.4 Å². The number of methoxy groups -OCH3 is 1. The first-order valence-electron chi connectivity index (χ1n) is 10.7. The minimum atomic E-state index is -0.136. The van der Waals surface area contributed by atoms with E-state index in [-0.39, 0.29) is 5.92 Å². The van der Waals surface area contributed by atoms with Crippen molar-refractivity contribution in [2.75, 3.05) is 7.11 Å². The van der Waals surface area contributed by atoms with Crippen LogP contribution in [0.2, 0.25) is 0 Å². The molecule has 0 aliphatic carbocycles. The van der Waals surface area contributed by atoms with E-state index in [1.165, 1.54) is 0 Å². The first kappa shape index (κ1) is 19.4. The zero-order valence-corrected chi connectivity index (χ0v) is 17.8. The summed E-state index contributed by atoms with van der Waals surface area (Å²) in [6.07, 6.45) is 3.81. The van der Waals surface area contributed by atoms with E-state index in [1.807, 2.05) is 28.8 Å². The van der Waals surface area contributed by atoms with Crippen LogP contribution in [0.15, 0.2) is 67.0 Å². The van der Waals surface area contributed by atoms with Crippen LogP contribution in [0.4, 0.5) is 0 Å². The fraction of sp³-hybridized carbons (Fsp3) is 0.231. The van der Waals surface area contributed by atoms with Gasteiger partial charge in [-0.2, -0.15) is 0 Å². The lowest BCUT2D eigenvalue weighted by Gasteiger charge is -2.29. The summed E-state index contributed by atoms with van der Waals surface area (Å²) < 4.78 is 13.6. The van der Waals surface area contributed by atoms with Gasteiger partial charge in [0.25, 0.3) is 0 Å². The van der Waals surface area contributed by atoms with E-state index in [0.717, 1.165) is 58.3 Å². The van der Waals surface area contributed by atoms with Gasteiger partial charge in [-0.1, -0.05) is 61.9 Å². The lowest BCUT2D eigenvalue weighted by atomic mass is 9.83. The van der Waals surface area contributed by atoms with Crippen molar-refractivity contribution in [3.63, 3.8) is 0 Å². The van der Waals surface area contributed by atoms with E-state index in [2.05, 4.69) is 48.3 Å². The second kappa shape index (κ2) is 7.91. The molecule has 0 spiro atoms. The number of unbranched alkanes of at least 4 members (excludes halogenated alkanes) is 1. The molecule has 5 heteroatoms. The zero-order chi connectivity index (χ0) is 21.4. The molecule has 5 nitrogen and oxygen atoms in total.